The van der Waals surface area contributed by atoms with Gasteiger partial charge in [0.05, 0.1) is 15.8 Å². The van der Waals surface area contributed by atoms with Gasteiger partial charge in [0.15, 0.2) is 5.88 Å². The minimum Gasteiger partial charge on any atom is -0.453 e. The summed E-state index contributed by atoms with van der Waals surface area (Å²) >= 11 is 1.61. The molecule has 0 unspecified atom stereocenters. The van der Waals surface area contributed by atoms with E-state index in [1.165, 1.54) is 0 Å². The Morgan fingerprint density at radius 1 is 1.11 bits per heavy atom. The molecule has 6 heteroatoms. The van der Waals surface area contributed by atoms with Crippen LogP contribution in [0.4, 0.5) is 5.69 Å². The second kappa shape index (κ2) is 5.45. The maximum atomic E-state index is 13.1. The fraction of sp³-hybridized carbons (Fsp3) is 0.182. The Labute approximate surface area is 165 Å². The molecule has 0 fully saturated rings. The van der Waals surface area contributed by atoms with Gasteiger partial charge in [0.2, 0.25) is 5.60 Å². The van der Waals surface area contributed by atoms with Crippen molar-refractivity contribution >= 4 is 38.7 Å². The number of ether oxygens (including phenoxy) is 1. The zero-order valence-corrected chi connectivity index (χ0v) is 15.8. The van der Waals surface area contributed by atoms with Crippen LogP contribution in [0.1, 0.15) is 29.8 Å². The number of carbonyl (C=O) groups is 1. The summed E-state index contributed by atoms with van der Waals surface area (Å²) in [7, 11) is 0. The van der Waals surface area contributed by atoms with Crippen LogP contribution in [0, 0.1) is 0 Å². The molecule has 3 heterocycles. The van der Waals surface area contributed by atoms with Crippen LogP contribution >= 0.6 is 11.3 Å². The smallest absolute Gasteiger partial charge is 0.277 e. The molecule has 1 amide bonds. The first-order chi connectivity index (χ1) is 13.7. The van der Waals surface area contributed by atoms with Gasteiger partial charge < -0.3 is 15.8 Å². The molecule has 1 spiro atoms. The molecule has 2 aromatic carbocycles. The lowest BCUT2D eigenvalue weighted by Gasteiger charge is -2.35. The fourth-order valence-electron chi connectivity index (χ4n) is 4.68. The van der Waals surface area contributed by atoms with Crippen molar-refractivity contribution in [3.05, 3.63) is 76.1 Å². The molecule has 1 aliphatic carbocycles. The van der Waals surface area contributed by atoms with Gasteiger partial charge in [0, 0.05) is 11.3 Å². The molecular formula is C22H17N3O2S. The zero-order chi connectivity index (χ0) is 18.9. The molecule has 0 saturated carbocycles. The molecule has 0 bridgehead atoms. The predicted octanol–water partition coefficient (Wildman–Crippen LogP) is 4.28. The van der Waals surface area contributed by atoms with E-state index in [1.807, 2.05) is 42.5 Å². The van der Waals surface area contributed by atoms with Crippen LogP contribution in [0.25, 0.3) is 15.8 Å². The molecule has 28 heavy (non-hydrogen) atoms. The van der Waals surface area contributed by atoms with E-state index in [1.54, 1.807) is 11.3 Å². The highest BCUT2D eigenvalue weighted by molar-refractivity contribution is 7.19. The zero-order valence-electron chi connectivity index (χ0n) is 15.0. The summed E-state index contributed by atoms with van der Waals surface area (Å²) in [6, 6.07) is 15.8. The fourth-order valence-corrected chi connectivity index (χ4v) is 5.72. The number of rotatable bonds is 1. The summed E-state index contributed by atoms with van der Waals surface area (Å²) in [5, 5.41) is 3.83. The van der Waals surface area contributed by atoms with Gasteiger partial charge in [-0.15, -0.1) is 11.3 Å². The molecule has 0 saturated heterocycles. The van der Waals surface area contributed by atoms with E-state index < -0.39 is 5.60 Å². The minimum atomic E-state index is -1.15. The van der Waals surface area contributed by atoms with Gasteiger partial charge in [-0.25, -0.2) is 4.98 Å². The van der Waals surface area contributed by atoms with Crippen LogP contribution < -0.4 is 11.1 Å². The Morgan fingerprint density at radius 3 is 2.82 bits per heavy atom. The maximum absolute atomic E-state index is 13.1. The van der Waals surface area contributed by atoms with E-state index in [4.69, 9.17) is 15.5 Å². The lowest BCUT2D eigenvalue weighted by atomic mass is 9.81. The number of para-hydroxylation sites is 2. The van der Waals surface area contributed by atoms with Crippen molar-refractivity contribution in [1.82, 2.24) is 4.98 Å². The average molecular weight is 387 g/mol. The molecule has 2 aliphatic heterocycles. The third kappa shape index (κ3) is 1.90. The Bertz CT molecular complexity index is 1210. The van der Waals surface area contributed by atoms with Crippen LogP contribution in [0.3, 0.4) is 0 Å². The maximum Gasteiger partial charge on any atom is 0.277 e. The summed E-state index contributed by atoms with van der Waals surface area (Å²) in [6.45, 7) is 0. The van der Waals surface area contributed by atoms with E-state index in [0.29, 0.717) is 0 Å². The van der Waals surface area contributed by atoms with Gasteiger partial charge in [-0.1, -0.05) is 30.3 Å². The Morgan fingerprint density at radius 2 is 1.93 bits per heavy atom. The Hall–Kier alpha value is -3.12. The van der Waals surface area contributed by atoms with Gasteiger partial charge >= 0.3 is 0 Å². The first-order valence-corrected chi connectivity index (χ1v) is 10.2. The summed E-state index contributed by atoms with van der Waals surface area (Å²) in [5.41, 5.74) is 10.9. The highest BCUT2D eigenvalue weighted by Crippen LogP contribution is 2.55. The van der Waals surface area contributed by atoms with Crippen molar-refractivity contribution in [2.45, 2.75) is 24.9 Å². The average Bonchev–Trinajstić information content (AvgIpc) is 3.39. The number of fused-ring (bicyclic) bond motifs is 4. The van der Waals surface area contributed by atoms with Crippen molar-refractivity contribution in [1.29, 1.82) is 0 Å². The molecule has 1 atom stereocenters. The number of amides is 1. The number of allylic oxidation sites excluding steroid dienone is 2. The molecule has 3 aliphatic rings. The number of hydrogen-bond donors (Lipinski definition) is 2. The van der Waals surface area contributed by atoms with Crippen molar-refractivity contribution in [2.24, 2.45) is 5.73 Å². The van der Waals surface area contributed by atoms with Crippen LogP contribution in [-0.4, -0.2) is 10.9 Å². The minimum absolute atomic E-state index is 0.158. The number of hydrogen-bond acceptors (Lipinski definition) is 5. The first-order valence-electron chi connectivity index (χ1n) is 9.37. The molecular weight excluding hydrogens is 370 g/mol. The third-order valence-electron chi connectivity index (χ3n) is 5.84. The highest BCUT2D eigenvalue weighted by Gasteiger charge is 2.56. The molecule has 1 aromatic heterocycles. The van der Waals surface area contributed by atoms with E-state index in [0.717, 1.165) is 62.5 Å². The van der Waals surface area contributed by atoms with Crippen LogP contribution in [0.15, 0.2) is 65.6 Å². The molecule has 138 valence electrons. The standard InChI is InChI=1S/C22H17N3O2S/c23-19-18(20-24-16-10-3-4-11-17(16)28-20)12-6-5-8-13(12)22(27-19)14-7-1-2-9-15(14)25-21(22)26/h1-4,7,9-11H,5-6,8,23H2,(H,25,26)/t22-/m1/s1. The second-order valence-electron chi connectivity index (χ2n) is 7.32. The third-order valence-corrected chi connectivity index (χ3v) is 6.89. The first kappa shape index (κ1) is 15.9. The summed E-state index contributed by atoms with van der Waals surface area (Å²) in [6.07, 6.45) is 2.67. The second-order valence-corrected chi connectivity index (χ2v) is 8.35. The van der Waals surface area contributed by atoms with E-state index >= 15 is 0 Å². The van der Waals surface area contributed by atoms with Crippen molar-refractivity contribution in [2.75, 3.05) is 5.32 Å². The molecule has 3 aromatic rings. The molecule has 5 nitrogen and oxygen atoms in total. The molecule has 0 radical (unpaired) electrons. The van der Waals surface area contributed by atoms with Crippen molar-refractivity contribution in [3.8, 4) is 0 Å². The lowest BCUT2D eigenvalue weighted by Crippen LogP contribution is -2.42. The Balaban J connectivity index is 1.58. The largest absolute Gasteiger partial charge is 0.453 e. The number of nitrogens with two attached hydrogens (primary N) is 1. The lowest BCUT2D eigenvalue weighted by molar-refractivity contribution is -0.132. The normalized spacial score (nSPS) is 23.2. The Kier molecular flexibility index (Phi) is 3.09. The van der Waals surface area contributed by atoms with Gasteiger partial charge in [0.1, 0.15) is 5.01 Å². The van der Waals surface area contributed by atoms with Crippen LogP contribution in [-0.2, 0) is 15.1 Å². The predicted molar refractivity (Wildman–Crippen MR) is 109 cm³/mol. The van der Waals surface area contributed by atoms with Crippen molar-refractivity contribution in [3.63, 3.8) is 0 Å². The van der Waals surface area contributed by atoms with Gasteiger partial charge in [0.25, 0.3) is 5.91 Å². The quantitative estimate of drug-likeness (QED) is 0.653. The van der Waals surface area contributed by atoms with Gasteiger partial charge in [-0.3, -0.25) is 4.79 Å². The number of benzene rings is 2. The number of thiazole rings is 1. The van der Waals surface area contributed by atoms with E-state index in [-0.39, 0.29) is 11.8 Å². The number of carbonyl (C=O) groups excluding carboxylic acids is 1. The van der Waals surface area contributed by atoms with E-state index in [2.05, 4.69) is 11.4 Å². The topological polar surface area (TPSA) is 77.2 Å². The number of aromatic nitrogens is 1. The van der Waals surface area contributed by atoms with Crippen molar-refractivity contribution < 1.29 is 9.53 Å². The molecule has 3 N–H and O–H groups in total. The van der Waals surface area contributed by atoms with Crippen LogP contribution in [0.2, 0.25) is 0 Å². The SMILES string of the molecule is NC1=C(c2nc3ccccc3s2)C2=C(CCC2)[C@]2(O1)C(=O)Nc1ccccc12. The number of nitrogens with zero attached hydrogens (tertiary/aromatic N) is 1. The van der Waals surface area contributed by atoms with Gasteiger partial charge in [-0.2, -0.15) is 0 Å². The summed E-state index contributed by atoms with van der Waals surface area (Å²) in [5.74, 6) is 0.126. The number of nitrogens with one attached hydrogen (secondary N) is 1. The molecule has 6 rings (SSSR count). The highest BCUT2D eigenvalue weighted by atomic mass is 32.1. The van der Waals surface area contributed by atoms with E-state index in [9.17, 15) is 4.79 Å². The monoisotopic (exact) mass is 387 g/mol. The van der Waals surface area contributed by atoms with Gasteiger partial charge in [-0.05, 0) is 48.6 Å². The summed E-state index contributed by atoms with van der Waals surface area (Å²) in [4.78, 5) is 17.9. The number of anilines is 1. The summed E-state index contributed by atoms with van der Waals surface area (Å²) < 4.78 is 7.42. The van der Waals surface area contributed by atoms with Crippen LogP contribution in [0.5, 0.6) is 0 Å².